The lowest BCUT2D eigenvalue weighted by Gasteiger charge is -2.27. The fraction of sp³-hybridized carbons (Fsp3) is 0.286. The van der Waals surface area contributed by atoms with E-state index in [-0.39, 0.29) is 36.2 Å². The quantitative estimate of drug-likeness (QED) is 0.568. The molecular weight excluding hydrogens is 265 g/mol. The van der Waals surface area contributed by atoms with Crippen LogP contribution in [0.4, 0.5) is 4.39 Å². The van der Waals surface area contributed by atoms with Crippen LogP contribution in [0.1, 0.15) is 40.0 Å². The smallest absolute Gasteiger partial charge is 0.265 e. The Morgan fingerprint density at radius 1 is 1.10 bits per heavy atom. The summed E-state index contributed by atoms with van der Waals surface area (Å²) in [6, 6.07) is 2.84. The normalized spacial score (nSPS) is 22.4. The number of hydrogen-bond donors (Lipinski definition) is 0. The molecule has 1 fully saturated rings. The number of hydrogen-bond acceptors (Lipinski definition) is 4. The zero-order chi connectivity index (χ0) is 14.4. The van der Waals surface area contributed by atoms with Crippen LogP contribution in [0.5, 0.6) is 0 Å². The summed E-state index contributed by atoms with van der Waals surface area (Å²) in [5.74, 6) is -2.90. The van der Waals surface area contributed by atoms with Crippen LogP contribution in [0.25, 0.3) is 0 Å². The topological polar surface area (TPSA) is 71.5 Å². The molecule has 1 atom stereocenters. The SMILES string of the molecule is O=C1CCC(N2C(=O)c3cccc(F)c3C2=O)C(=O)C1. The first-order chi connectivity index (χ1) is 9.50. The molecule has 6 heteroatoms. The number of amides is 2. The number of benzene rings is 1. The second-order valence-corrected chi connectivity index (χ2v) is 4.88. The molecule has 0 saturated heterocycles. The van der Waals surface area contributed by atoms with Crippen molar-refractivity contribution in [3.8, 4) is 0 Å². The van der Waals surface area contributed by atoms with Crippen molar-refractivity contribution in [3.63, 3.8) is 0 Å². The lowest BCUT2D eigenvalue weighted by Crippen LogP contribution is -2.47. The Hall–Kier alpha value is -2.37. The van der Waals surface area contributed by atoms with Gasteiger partial charge in [0.15, 0.2) is 5.78 Å². The summed E-state index contributed by atoms with van der Waals surface area (Å²) < 4.78 is 13.7. The van der Waals surface area contributed by atoms with E-state index >= 15 is 0 Å². The van der Waals surface area contributed by atoms with Crippen molar-refractivity contribution in [1.29, 1.82) is 0 Å². The van der Waals surface area contributed by atoms with Crippen molar-refractivity contribution in [1.82, 2.24) is 4.90 Å². The molecule has 2 amide bonds. The summed E-state index contributed by atoms with van der Waals surface area (Å²) in [5, 5.41) is 0. The van der Waals surface area contributed by atoms with E-state index < -0.39 is 29.5 Å². The van der Waals surface area contributed by atoms with E-state index in [0.29, 0.717) is 0 Å². The molecule has 0 radical (unpaired) electrons. The van der Waals surface area contributed by atoms with Gasteiger partial charge in [-0.1, -0.05) is 6.07 Å². The number of halogens is 1. The van der Waals surface area contributed by atoms with Gasteiger partial charge < -0.3 is 0 Å². The van der Waals surface area contributed by atoms with Crippen LogP contribution in [0.2, 0.25) is 0 Å². The molecule has 0 spiro atoms. The van der Waals surface area contributed by atoms with Crippen molar-refractivity contribution in [2.24, 2.45) is 0 Å². The largest absolute Gasteiger partial charge is 0.299 e. The van der Waals surface area contributed by atoms with Gasteiger partial charge in [-0.15, -0.1) is 0 Å². The van der Waals surface area contributed by atoms with Crippen LogP contribution < -0.4 is 0 Å². The Morgan fingerprint density at radius 2 is 1.85 bits per heavy atom. The second kappa shape index (κ2) is 4.33. The average Bonchev–Trinajstić information content (AvgIpc) is 2.64. The van der Waals surface area contributed by atoms with Gasteiger partial charge in [0, 0.05) is 6.42 Å². The standard InChI is InChI=1S/C14H10FNO4/c15-9-3-1-2-8-12(9)14(20)16(13(8)19)10-5-4-7(17)6-11(10)18/h1-3,10H,4-6H2. The minimum absolute atomic E-state index is 0.0281. The number of carbonyl (C=O) groups is 4. The van der Waals surface area contributed by atoms with E-state index in [4.69, 9.17) is 0 Å². The predicted octanol–water partition coefficient (Wildman–Crippen LogP) is 1.11. The third-order valence-electron chi connectivity index (χ3n) is 3.65. The maximum atomic E-state index is 13.7. The van der Waals surface area contributed by atoms with Crippen molar-refractivity contribution < 1.29 is 23.6 Å². The number of rotatable bonds is 1. The average molecular weight is 275 g/mol. The monoisotopic (exact) mass is 275 g/mol. The Bertz CT molecular complexity index is 667. The van der Waals surface area contributed by atoms with Crippen LogP contribution >= 0.6 is 0 Å². The molecule has 1 saturated carbocycles. The van der Waals surface area contributed by atoms with Gasteiger partial charge in [-0.2, -0.15) is 0 Å². The first kappa shape index (κ1) is 12.7. The molecule has 1 aliphatic heterocycles. The third kappa shape index (κ3) is 1.68. The molecule has 3 rings (SSSR count). The summed E-state index contributed by atoms with van der Waals surface area (Å²) in [7, 11) is 0. The van der Waals surface area contributed by atoms with E-state index in [1.54, 1.807) is 0 Å². The van der Waals surface area contributed by atoms with Crippen LogP contribution in [0.15, 0.2) is 18.2 Å². The molecular formula is C14H10FNO4. The van der Waals surface area contributed by atoms with Crippen LogP contribution in [-0.2, 0) is 9.59 Å². The first-order valence-corrected chi connectivity index (χ1v) is 6.21. The van der Waals surface area contributed by atoms with E-state index in [1.165, 1.54) is 12.1 Å². The third-order valence-corrected chi connectivity index (χ3v) is 3.65. The summed E-state index contributed by atoms with van der Waals surface area (Å²) in [6.45, 7) is 0. The molecule has 0 aromatic heterocycles. The highest BCUT2D eigenvalue weighted by molar-refractivity contribution is 6.23. The van der Waals surface area contributed by atoms with Crippen molar-refractivity contribution >= 4 is 23.4 Å². The first-order valence-electron chi connectivity index (χ1n) is 6.21. The Morgan fingerprint density at radius 3 is 2.50 bits per heavy atom. The Kier molecular flexibility index (Phi) is 2.74. The lowest BCUT2D eigenvalue weighted by molar-refractivity contribution is -0.132. The lowest BCUT2D eigenvalue weighted by atomic mass is 9.92. The van der Waals surface area contributed by atoms with Crippen molar-refractivity contribution in [2.45, 2.75) is 25.3 Å². The molecule has 0 N–H and O–H groups in total. The second-order valence-electron chi connectivity index (χ2n) is 4.88. The molecule has 1 aromatic carbocycles. The molecule has 102 valence electrons. The molecule has 0 bridgehead atoms. The Balaban J connectivity index is 2.00. The summed E-state index contributed by atoms with van der Waals surface area (Å²) in [4.78, 5) is 48.2. The molecule has 20 heavy (non-hydrogen) atoms. The zero-order valence-electron chi connectivity index (χ0n) is 10.4. The van der Waals surface area contributed by atoms with Crippen molar-refractivity contribution in [3.05, 3.63) is 35.1 Å². The van der Waals surface area contributed by atoms with Gasteiger partial charge in [-0.3, -0.25) is 24.1 Å². The number of imide groups is 1. The summed E-state index contributed by atoms with van der Waals surface area (Å²) in [5.41, 5.74) is -0.318. The highest BCUT2D eigenvalue weighted by Gasteiger charge is 2.45. The van der Waals surface area contributed by atoms with Gasteiger partial charge >= 0.3 is 0 Å². The summed E-state index contributed by atoms with van der Waals surface area (Å²) in [6.07, 6.45) is -0.0163. The minimum Gasteiger partial charge on any atom is -0.299 e. The molecule has 5 nitrogen and oxygen atoms in total. The van der Waals surface area contributed by atoms with Crippen molar-refractivity contribution in [2.75, 3.05) is 0 Å². The Labute approximate surface area is 113 Å². The van der Waals surface area contributed by atoms with E-state index in [2.05, 4.69) is 0 Å². The van der Waals surface area contributed by atoms with Crippen LogP contribution in [0, 0.1) is 5.82 Å². The molecule has 2 aliphatic rings. The number of carbonyl (C=O) groups excluding carboxylic acids is 4. The maximum absolute atomic E-state index is 13.7. The van der Waals surface area contributed by atoms with E-state index in [0.717, 1.165) is 11.0 Å². The van der Waals surface area contributed by atoms with Gasteiger partial charge in [0.25, 0.3) is 11.8 Å². The van der Waals surface area contributed by atoms with Gasteiger partial charge in [-0.25, -0.2) is 4.39 Å². The molecule has 1 aromatic rings. The molecule has 1 unspecified atom stereocenters. The van der Waals surface area contributed by atoms with Crippen LogP contribution in [0.3, 0.4) is 0 Å². The van der Waals surface area contributed by atoms with Gasteiger partial charge in [0.05, 0.1) is 23.6 Å². The molecule has 1 aliphatic carbocycles. The maximum Gasteiger partial charge on any atom is 0.265 e. The van der Waals surface area contributed by atoms with Gasteiger partial charge in [0.2, 0.25) is 0 Å². The highest BCUT2D eigenvalue weighted by Crippen LogP contribution is 2.30. The predicted molar refractivity (Wildman–Crippen MR) is 64.6 cm³/mol. The number of nitrogens with zero attached hydrogens (tertiary/aromatic N) is 1. The summed E-state index contributed by atoms with van der Waals surface area (Å²) >= 11 is 0. The number of ketones is 2. The number of Topliss-reactive ketones (excluding diaryl/α,β-unsaturated/α-hetero) is 2. The van der Waals surface area contributed by atoms with Crippen LogP contribution in [-0.4, -0.2) is 34.3 Å². The van der Waals surface area contributed by atoms with Gasteiger partial charge in [-0.05, 0) is 18.6 Å². The van der Waals surface area contributed by atoms with Gasteiger partial charge in [0.1, 0.15) is 11.6 Å². The highest BCUT2D eigenvalue weighted by atomic mass is 19.1. The van der Waals surface area contributed by atoms with E-state index in [1.807, 2.05) is 0 Å². The number of fused-ring (bicyclic) bond motifs is 1. The minimum atomic E-state index is -0.959. The molecule has 1 heterocycles. The fourth-order valence-corrected chi connectivity index (χ4v) is 2.68. The fourth-order valence-electron chi connectivity index (χ4n) is 2.68. The zero-order valence-corrected chi connectivity index (χ0v) is 10.4. The van der Waals surface area contributed by atoms with E-state index in [9.17, 15) is 23.6 Å².